The van der Waals surface area contributed by atoms with Crippen LogP contribution in [0.5, 0.6) is 0 Å². The normalized spacial score (nSPS) is 7.82. The zero-order valence-electron chi connectivity index (χ0n) is 5.73. The summed E-state index contributed by atoms with van der Waals surface area (Å²) in [5.74, 6) is 0.764. The Morgan fingerprint density at radius 2 is 1.64 bits per heavy atom. The van der Waals surface area contributed by atoms with Gasteiger partial charge in [-0.25, -0.2) is 0 Å². The zero-order valence-corrected chi connectivity index (χ0v) is 9.15. The summed E-state index contributed by atoms with van der Waals surface area (Å²) < 4.78 is 0. The minimum atomic E-state index is 0. The highest BCUT2D eigenvalue weighted by atomic mass is 35.5. The maximum absolute atomic E-state index is 4.23. The smallest absolute Gasteiger partial charge is 0.0165 e. The summed E-state index contributed by atoms with van der Waals surface area (Å²) in [5, 5.41) is 0. The van der Waals surface area contributed by atoms with Gasteiger partial charge in [0, 0.05) is 10.6 Å². The number of benzene rings is 1. The topological polar surface area (TPSA) is 0 Å². The van der Waals surface area contributed by atoms with E-state index in [-0.39, 0.29) is 24.8 Å². The van der Waals surface area contributed by atoms with E-state index < -0.39 is 0 Å². The van der Waals surface area contributed by atoms with Crippen molar-refractivity contribution in [3.8, 4) is 0 Å². The summed E-state index contributed by atoms with van der Waals surface area (Å²) in [6.45, 7) is 0. The molecular weight excluding hydrogens is 219 g/mol. The molecular formula is C7H10Cl2S2. The molecule has 0 unspecified atom stereocenters. The molecule has 0 aliphatic carbocycles. The van der Waals surface area contributed by atoms with Crippen molar-refractivity contribution in [1.29, 1.82) is 0 Å². The third-order valence-electron chi connectivity index (χ3n) is 1.16. The quantitative estimate of drug-likeness (QED) is 0.678. The molecule has 0 bridgehead atoms. The van der Waals surface area contributed by atoms with Gasteiger partial charge in [0.2, 0.25) is 0 Å². The van der Waals surface area contributed by atoms with Crippen LogP contribution in [0.15, 0.2) is 29.2 Å². The van der Waals surface area contributed by atoms with Crippen molar-refractivity contribution in [3.05, 3.63) is 29.8 Å². The molecule has 4 heteroatoms. The third-order valence-corrected chi connectivity index (χ3v) is 1.94. The van der Waals surface area contributed by atoms with E-state index in [1.807, 2.05) is 24.3 Å². The van der Waals surface area contributed by atoms with Gasteiger partial charge >= 0.3 is 0 Å². The lowest BCUT2D eigenvalue weighted by Crippen LogP contribution is -1.77. The van der Waals surface area contributed by atoms with Crippen LogP contribution in [0.1, 0.15) is 5.56 Å². The van der Waals surface area contributed by atoms with Crippen molar-refractivity contribution in [2.45, 2.75) is 10.6 Å². The summed E-state index contributed by atoms with van der Waals surface area (Å²) in [4.78, 5) is 1.02. The Labute approximate surface area is 90.4 Å². The Morgan fingerprint density at radius 1 is 1.09 bits per heavy atom. The molecule has 0 amide bonds. The van der Waals surface area contributed by atoms with E-state index in [9.17, 15) is 0 Å². The van der Waals surface area contributed by atoms with Gasteiger partial charge in [-0.1, -0.05) is 18.2 Å². The van der Waals surface area contributed by atoms with E-state index in [0.29, 0.717) is 0 Å². The first-order chi connectivity index (χ1) is 4.34. The molecule has 0 N–H and O–H groups in total. The zero-order chi connectivity index (χ0) is 6.69. The summed E-state index contributed by atoms with van der Waals surface area (Å²) in [6, 6.07) is 7.95. The molecule has 1 aromatic carbocycles. The Balaban J connectivity index is 0. The average molecular weight is 229 g/mol. The lowest BCUT2D eigenvalue weighted by atomic mass is 10.2. The predicted octanol–water partition coefficient (Wildman–Crippen LogP) is 3.25. The fourth-order valence-corrected chi connectivity index (χ4v) is 1.28. The molecule has 1 aromatic rings. The number of hydrogen-bond donors (Lipinski definition) is 2. The van der Waals surface area contributed by atoms with Crippen molar-refractivity contribution >= 4 is 50.1 Å². The second kappa shape index (κ2) is 7.17. The first-order valence-electron chi connectivity index (χ1n) is 2.72. The van der Waals surface area contributed by atoms with Crippen LogP contribution in [-0.4, -0.2) is 0 Å². The largest absolute Gasteiger partial charge is 0.175 e. The van der Waals surface area contributed by atoms with Crippen molar-refractivity contribution in [3.63, 3.8) is 0 Å². The molecule has 0 saturated carbocycles. The van der Waals surface area contributed by atoms with Gasteiger partial charge in [-0.2, -0.15) is 12.6 Å². The monoisotopic (exact) mass is 228 g/mol. The van der Waals surface area contributed by atoms with E-state index in [1.165, 1.54) is 5.56 Å². The van der Waals surface area contributed by atoms with Crippen LogP contribution in [0.25, 0.3) is 0 Å². The Bertz CT molecular complexity index is 203. The highest BCUT2D eigenvalue weighted by Gasteiger charge is 1.91. The van der Waals surface area contributed by atoms with Crippen LogP contribution >= 0.6 is 50.1 Å². The molecule has 0 aliphatic rings. The fraction of sp³-hybridized carbons (Fsp3) is 0.143. The van der Waals surface area contributed by atoms with E-state index >= 15 is 0 Å². The molecule has 0 aliphatic heterocycles. The number of rotatable bonds is 1. The van der Waals surface area contributed by atoms with Gasteiger partial charge < -0.3 is 0 Å². The van der Waals surface area contributed by atoms with Crippen LogP contribution in [0.2, 0.25) is 0 Å². The highest BCUT2D eigenvalue weighted by Crippen LogP contribution is 2.13. The number of halogens is 2. The molecule has 1 rings (SSSR count). The summed E-state index contributed by atoms with van der Waals surface area (Å²) >= 11 is 8.36. The molecule has 64 valence electrons. The Kier molecular flexibility index (Phi) is 9.15. The highest BCUT2D eigenvalue weighted by molar-refractivity contribution is 7.80. The molecule has 0 heterocycles. The second-order valence-corrected chi connectivity index (χ2v) is 2.58. The number of thiol groups is 2. The lowest BCUT2D eigenvalue weighted by Gasteiger charge is -1.97. The summed E-state index contributed by atoms with van der Waals surface area (Å²) in [5.41, 5.74) is 1.18. The van der Waals surface area contributed by atoms with Crippen molar-refractivity contribution < 1.29 is 0 Å². The minimum absolute atomic E-state index is 0. The summed E-state index contributed by atoms with van der Waals surface area (Å²) in [7, 11) is 0. The molecule has 0 spiro atoms. The molecule has 0 fully saturated rings. The lowest BCUT2D eigenvalue weighted by molar-refractivity contribution is 1.28. The van der Waals surface area contributed by atoms with Gasteiger partial charge in [0.05, 0.1) is 0 Å². The van der Waals surface area contributed by atoms with Crippen LogP contribution in [0, 0.1) is 0 Å². The van der Waals surface area contributed by atoms with Crippen LogP contribution in [0.3, 0.4) is 0 Å². The predicted molar refractivity (Wildman–Crippen MR) is 60.9 cm³/mol. The standard InChI is InChI=1S/C7H8S2.2ClH/c8-5-6-3-1-2-4-7(6)9;;/h1-4,8-9H,5H2;2*1H. The van der Waals surface area contributed by atoms with E-state index in [1.54, 1.807) is 0 Å². The van der Waals surface area contributed by atoms with Crippen LogP contribution < -0.4 is 0 Å². The molecule has 0 aromatic heterocycles. The van der Waals surface area contributed by atoms with Gasteiger partial charge in [0.1, 0.15) is 0 Å². The first kappa shape index (κ1) is 14.0. The van der Waals surface area contributed by atoms with Gasteiger partial charge in [-0.3, -0.25) is 0 Å². The molecule has 0 radical (unpaired) electrons. The van der Waals surface area contributed by atoms with Gasteiger partial charge in [-0.05, 0) is 11.6 Å². The van der Waals surface area contributed by atoms with Gasteiger partial charge in [-0.15, -0.1) is 37.4 Å². The van der Waals surface area contributed by atoms with Crippen molar-refractivity contribution in [1.82, 2.24) is 0 Å². The minimum Gasteiger partial charge on any atom is -0.175 e. The molecule has 0 nitrogen and oxygen atoms in total. The van der Waals surface area contributed by atoms with Crippen molar-refractivity contribution in [2.24, 2.45) is 0 Å². The SMILES string of the molecule is Cl.Cl.SCc1ccccc1S. The number of hydrogen-bond acceptors (Lipinski definition) is 2. The molecule has 0 saturated heterocycles. The fourth-order valence-electron chi connectivity index (χ4n) is 0.645. The summed E-state index contributed by atoms with van der Waals surface area (Å²) in [6.07, 6.45) is 0. The Hall–Kier alpha value is 0.500. The van der Waals surface area contributed by atoms with Gasteiger partial charge in [0.25, 0.3) is 0 Å². The van der Waals surface area contributed by atoms with Crippen LogP contribution in [-0.2, 0) is 5.75 Å². The maximum Gasteiger partial charge on any atom is 0.0165 e. The van der Waals surface area contributed by atoms with Crippen molar-refractivity contribution in [2.75, 3.05) is 0 Å². The van der Waals surface area contributed by atoms with Gasteiger partial charge in [0.15, 0.2) is 0 Å². The second-order valence-electron chi connectivity index (χ2n) is 1.79. The molecule has 0 atom stereocenters. The van der Waals surface area contributed by atoms with E-state index in [0.717, 1.165) is 10.6 Å². The van der Waals surface area contributed by atoms with Crippen LogP contribution in [0.4, 0.5) is 0 Å². The Morgan fingerprint density at radius 3 is 2.00 bits per heavy atom. The van der Waals surface area contributed by atoms with E-state index in [2.05, 4.69) is 25.3 Å². The average Bonchev–Trinajstić information content (AvgIpc) is 1.89. The van der Waals surface area contributed by atoms with E-state index in [4.69, 9.17) is 0 Å². The maximum atomic E-state index is 4.23. The third kappa shape index (κ3) is 4.16. The first-order valence-corrected chi connectivity index (χ1v) is 3.80. The molecule has 11 heavy (non-hydrogen) atoms.